The molecule has 16 aromatic heterocycles. The summed E-state index contributed by atoms with van der Waals surface area (Å²) in [6.45, 7) is 0. The third-order valence-electron chi connectivity index (χ3n) is 16.7. The Morgan fingerprint density at radius 2 is 0.303 bits per heavy atom. The van der Waals surface area contributed by atoms with E-state index in [0.717, 1.165) is 91.1 Å². The Balaban J connectivity index is 0.000000262. The molecule has 0 unspecified atom stereocenters. The van der Waals surface area contributed by atoms with Crippen LogP contribution in [0.1, 0.15) is 0 Å². The van der Waals surface area contributed by atoms with Crippen LogP contribution >= 0.6 is 0 Å². The fraction of sp³-hybridized carbons (Fsp3) is 0. The molecular weight excluding hydrogens is 1800 g/mol. The Hall–Kier alpha value is -16.2. The quantitative estimate of drug-likeness (QED) is 0.103. The third-order valence-corrected chi connectivity index (χ3v) is 16.7. The number of hydrogen-bond acceptors (Lipinski definition) is 20. The van der Waals surface area contributed by atoms with E-state index in [0.29, 0.717) is 0 Å². The van der Waals surface area contributed by atoms with Gasteiger partial charge in [0.2, 0.25) is 0 Å². The SMILES string of the molecule is [BH3-]C#N.[BH3-]C#N.[BH3-]C#N.[BH3-]C#N.[Fe+2].[Fe+2].[Fe+2].[Fe+2].c1ccc(-c2cc(-c3ccccn3)[n-]n2)nc1.c1ccc(-c2cc(-c3ccccn3)[n-]n2)nc1.c1ccc(-c2cc(-c3ccccn3)[n-]n2)nc1.c1ccc(-c2cc(-c3ccccn3)[n-]n2)nc1.c1ccc(-c2ccncc2)cc1.c1ccc(-c2ccncc2)cc1.c1ccc(-c2ccncc2)cc1.c1ccc(-c2ccncc2)cc1. The first-order valence-electron chi connectivity index (χ1n) is 37.6. The van der Waals surface area contributed by atoms with E-state index in [2.05, 4.69) is 149 Å². The summed E-state index contributed by atoms with van der Waals surface area (Å²) in [5, 5.41) is 62.6. The molecule has 4 aromatic carbocycles. The zero-order valence-corrected chi connectivity index (χ0v) is 72.1. The van der Waals surface area contributed by atoms with Crippen LogP contribution in [0, 0.1) is 44.9 Å². The fourth-order valence-corrected chi connectivity index (χ4v) is 11.0. The average Bonchev–Trinajstić information content (AvgIpc) is 1.71. The molecular formula is C100H84B4Fe4N24. The molecule has 20 aromatic rings. The van der Waals surface area contributed by atoms with Crippen LogP contribution in [0.4, 0.5) is 0 Å². The van der Waals surface area contributed by atoms with Gasteiger partial charge in [-0.25, -0.2) is 0 Å². The van der Waals surface area contributed by atoms with Gasteiger partial charge in [-0.05, 0) is 214 Å². The molecule has 648 valence electrons. The van der Waals surface area contributed by atoms with Crippen LogP contribution in [-0.4, -0.2) is 112 Å². The van der Waals surface area contributed by atoms with E-state index in [4.69, 9.17) is 21.0 Å². The van der Waals surface area contributed by atoms with E-state index in [-0.39, 0.29) is 99.7 Å². The average molecular weight is 1890 g/mol. The first-order valence-corrected chi connectivity index (χ1v) is 37.6. The van der Waals surface area contributed by atoms with Crippen LogP contribution in [0.3, 0.4) is 0 Å². The Kier molecular flexibility index (Phi) is 52.0. The molecule has 0 amide bonds. The molecule has 0 fully saturated rings. The first kappa shape index (κ1) is 106. The standard InChI is InChI=1S/4C13H9N4.4C11H9N.4CH3BN.4Fe/c4*1-3-7-14-10(5-1)12-9-13(17-16-12)11-6-2-4-8-15-11;4*1-2-4-10(5-3-1)11-6-8-12-9-7-11;4*2-1-3;;;;/h4*1-9H;4*1-9H;4*2H3;;;;/q4*-1;;;;;4*-1;4*+2. The van der Waals surface area contributed by atoms with Gasteiger partial charge in [0.05, 0.1) is 76.9 Å². The molecule has 0 radical (unpaired) electrons. The summed E-state index contributed by atoms with van der Waals surface area (Å²) >= 11 is 0. The Morgan fingerprint density at radius 3 is 0.447 bits per heavy atom. The number of nitriles is 4. The summed E-state index contributed by atoms with van der Waals surface area (Å²) in [4.78, 5) is 49.7. The summed E-state index contributed by atoms with van der Waals surface area (Å²) in [6, 6.07) is 110. The normalized spacial score (nSPS) is 9.09. The van der Waals surface area contributed by atoms with Crippen LogP contribution in [-0.2, 0) is 68.3 Å². The summed E-state index contributed by atoms with van der Waals surface area (Å²) in [7, 11) is 0.278. The predicted octanol–water partition coefficient (Wildman–Crippen LogP) is 15.0. The van der Waals surface area contributed by atoms with Crippen molar-refractivity contribution in [2.45, 2.75) is 0 Å². The number of benzene rings is 4. The van der Waals surface area contributed by atoms with Crippen molar-refractivity contribution in [2.75, 3.05) is 0 Å². The first-order chi connectivity index (χ1) is 63.3. The van der Waals surface area contributed by atoms with Crippen molar-refractivity contribution < 1.29 is 68.3 Å². The maximum atomic E-state index is 7.43. The summed E-state index contributed by atoms with van der Waals surface area (Å²) in [5.74, 6) is 8.00. The van der Waals surface area contributed by atoms with Gasteiger partial charge in [-0.1, -0.05) is 193 Å². The van der Waals surface area contributed by atoms with Gasteiger partial charge in [-0.15, -0.1) is 0 Å². The van der Waals surface area contributed by atoms with Crippen molar-refractivity contribution in [1.29, 1.82) is 21.0 Å². The monoisotopic (exact) mass is 1890 g/mol. The van der Waals surface area contributed by atoms with E-state index in [9.17, 15) is 0 Å². The molecule has 16 heterocycles. The van der Waals surface area contributed by atoms with Crippen LogP contribution < -0.4 is 20.4 Å². The second-order valence-electron chi connectivity index (χ2n) is 24.6. The van der Waals surface area contributed by atoms with Gasteiger partial charge < -0.3 is 40.8 Å². The molecule has 0 saturated carbocycles. The number of nitrogens with zero attached hydrogens (tertiary/aromatic N) is 24. The summed E-state index contributed by atoms with van der Waals surface area (Å²) in [6.07, 6.45) is 28.4. The summed E-state index contributed by atoms with van der Waals surface area (Å²) in [5.41, 5.74) is 22.5. The van der Waals surface area contributed by atoms with Gasteiger partial charge >= 0.3 is 68.3 Å². The van der Waals surface area contributed by atoms with Crippen LogP contribution in [0.2, 0.25) is 0 Å². The van der Waals surface area contributed by atoms with Crippen LogP contribution in [0.15, 0.2) is 439 Å². The molecule has 0 aliphatic heterocycles. The molecule has 0 aliphatic rings. The van der Waals surface area contributed by atoms with Gasteiger partial charge in [0.25, 0.3) is 0 Å². The Labute approximate surface area is 813 Å². The molecule has 0 aliphatic carbocycles. The van der Waals surface area contributed by atoms with Gasteiger partial charge in [0.1, 0.15) is 0 Å². The number of hydrogen-bond donors (Lipinski definition) is 0. The predicted molar refractivity (Wildman–Crippen MR) is 517 cm³/mol. The maximum absolute atomic E-state index is 7.43. The molecule has 20 rings (SSSR count). The Bertz CT molecular complexity index is 5350. The van der Waals surface area contributed by atoms with Gasteiger partial charge in [0, 0.05) is 122 Å². The van der Waals surface area contributed by atoms with E-state index in [1.807, 2.05) is 365 Å². The minimum Gasteiger partial charge on any atom is -0.573 e. The van der Waals surface area contributed by atoms with E-state index in [1.54, 1.807) is 49.6 Å². The van der Waals surface area contributed by atoms with E-state index in [1.165, 1.54) is 44.5 Å². The van der Waals surface area contributed by atoms with E-state index < -0.39 is 0 Å². The second kappa shape index (κ2) is 64.5. The fourth-order valence-electron chi connectivity index (χ4n) is 11.0. The molecule has 0 N–H and O–H groups in total. The zero-order chi connectivity index (χ0) is 89.7. The van der Waals surface area contributed by atoms with Crippen molar-refractivity contribution in [3.8, 4) is 159 Å². The third kappa shape index (κ3) is 37.8. The van der Waals surface area contributed by atoms with Crippen molar-refractivity contribution in [1.82, 2.24) is 101 Å². The largest absolute Gasteiger partial charge is 2.00 e. The molecule has 132 heavy (non-hydrogen) atoms. The Morgan fingerprint density at radius 1 is 0.167 bits per heavy atom. The van der Waals surface area contributed by atoms with Crippen LogP contribution in [0.5, 0.6) is 0 Å². The van der Waals surface area contributed by atoms with Gasteiger partial charge in [-0.3, -0.25) is 80.9 Å². The molecule has 0 bridgehead atoms. The zero-order valence-electron chi connectivity index (χ0n) is 67.7. The minimum absolute atomic E-state index is 0. The van der Waals surface area contributed by atoms with Gasteiger partial charge in [0.15, 0.2) is 0 Å². The van der Waals surface area contributed by atoms with E-state index >= 15 is 0 Å². The van der Waals surface area contributed by atoms with Crippen molar-refractivity contribution in [2.24, 2.45) is 0 Å². The van der Waals surface area contributed by atoms with Crippen molar-refractivity contribution in [3.05, 3.63) is 439 Å². The molecule has 0 spiro atoms. The van der Waals surface area contributed by atoms with Crippen molar-refractivity contribution >= 4 is 31.4 Å². The molecule has 24 nitrogen and oxygen atoms in total. The summed E-state index contributed by atoms with van der Waals surface area (Å²) < 4.78 is 0. The smallest absolute Gasteiger partial charge is 0.573 e. The molecule has 0 atom stereocenters. The van der Waals surface area contributed by atoms with Crippen molar-refractivity contribution in [3.63, 3.8) is 0 Å². The minimum atomic E-state index is 0. The number of rotatable bonds is 12. The maximum Gasteiger partial charge on any atom is 2.00 e. The number of pyridine rings is 12. The second-order valence-corrected chi connectivity index (χ2v) is 24.6. The number of aromatic nitrogens is 20. The topological polar surface area (TPSA) is 358 Å². The molecule has 32 heteroatoms. The molecule has 0 saturated heterocycles. The van der Waals surface area contributed by atoms with Crippen LogP contribution in [0.25, 0.3) is 136 Å². The van der Waals surface area contributed by atoms with Gasteiger partial charge in [-0.2, -0.15) is 23.9 Å².